The van der Waals surface area contributed by atoms with E-state index < -0.39 is 0 Å². The molecule has 1 atom stereocenters. The van der Waals surface area contributed by atoms with Gasteiger partial charge in [-0.15, -0.1) is 0 Å². The van der Waals surface area contributed by atoms with Crippen LogP contribution in [-0.4, -0.2) is 62.3 Å². The molecule has 1 saturated heterocycles. The molecule has 3 saturated carbocycles. The first-order valence-corrected chi connectivity index (χ1v) is 19.2. The zero-order valence-corrected chi connectivity index (χ0v) is 31.1. The van der Waals surface area contributed by atoms with Crippen LogP contribution in [-0.2, 0) is 19.1 Å². The summed E-state index contributed by atoms with van der Waals surface area (Å²) >= 11 is 0. The molecule has 4 aliphatic heterocycles. The van der Waals surface area contributed by atoms with Crippen LogP contribution in [0.3, 0.4) is 0 Å². The molecule has 280 valence electrons. The molecule has 7 heterocycles. The third-order valence-electron chi connectivity index (χ3n) is 11.5. The van der Waals surface area contributed by atoms with Crippen molar-refractivity contribution in [1.82, 2.24) is 15.0 Å². The van der Waals surface area contributed by atoms with Crippen LogP contribution in [0.25, 0.3) is 18.2 Å². The molecule has 0 radical (unpaired) electrons. The Kier molecular flexibility index (Phi) is 9.83. The maximum atomic E-state index is 12.0. The standard InChI is InChI=1S/C16H17NO2.C15H17NO3.C13H13NO2/c1-11(2)13-10-16(8-6-14(13)18)7-5-12-4-3-9-17-15(12)19-16;1-2-12-3-4-14(19-13(12)16-9-1)5-7-15(8-6-14)17-10-11-18-15;15-11-4-7-13(8-5-11)6-3-10-2-1-9-14-12(10)16-13/h3-5,7,9H,6,8,10H2,1-2H3;1-4,9H,5-8,10-11H2;1-3,6,9H,4-5,7-8H2. The lowest BCUT2D eigenvalue weighted by molar-refractivity contribution is -0.193. The summed E-state index contributed by atoms with van der Waals surface area (Å²) in [4.78, 5) is 36.0. The molecule has 54 heavy (non-hydrogen) atoms. The molecule has 4 spiro atoms. The van der Waals surface area contributed by atoms with Crippen molar-refractivity contribution in [2.75, 3.05) is 13.2 Å². The fourth-order valence-electron chi connectivity index (χ4n) is 8.23. The molecule has 7 aliphatic rings. The number of Topliss-reactive ketones (excluding diaryl/α,β-unsaturated/α-hetero) is 2. The molecule has 10 nitrogen and oxygen atoms in total. The quantitative estimate of drug-likeness (QED) is 0.209. The highest BCUT2D eigenvalue weighted by molar-refractivity contribution is 5.97. The van der Waals surface area contributed by atoms with Gasteiger partial charge in [0.2, 0.25) is 17.6 Å². The Hall–Kier alpha value is -4.93. The number of nitrogens with zero attached hydrogens (tertiary/aromatic N) is 3. The highest BCUT2D eigenvalue weighted by atomic mass is 16.7. The van der Waals surface area contributed by atoms with Crippen LogP contribution < -0.4 is 14.2 Å². The van der Waals surface area contributed by atoms with Crippen LogP contribution in [0.15, 0.2) is 84.4 Å². The third kappa shape index (κ3) is 7.54. The van der Waals surface area contributed by atoms with Crippen LogP contribution in [0.2, 0.25) is 0 Å². The first kappa shape index (κ1) is 36.1. The van der Waals surface area contributed by atoms with Gasteiger partial charge in [-0.3, -0.25) is 9.59 Å². The minimum absolute atomic E-state index is 0.220. The van der Waals surface area contributed by atoms with Gasteiger partial charge >= 0.3 is 0 Å². The van der Waals surface area contributed by atoms with Crippen LogP contribution in [0.1, 0.15) is 101 Å². The normalized spacial score (nSPS) is 24.5. The second kappa shape index (κ2) is 14.7. The van der Waals surface area contributed by atoms with Crippen molar-refractivity contribution < 1.29 is 33.3 Å². The van der Waals surface area contributed by atoms with Crippen molar-refractivity contribution in [2.45, 2.75) is 107 Å². The van der Waals surface area contributed by atoms with Gasteiger partial charge in [0.05, 0.1) is 13.2 Å². The molecule has 3 aliphatic carbocycles. The van der Waals surface area contributed by atoms with Gasteiger partial charge in [0.15, 0.2) is 11.6 Å². The Bertz CT molecular complexity index is 2020. The van der Waals surface area contributed by atoms with Gasteiger partial charge in [-0.1, -0.05) is 5.57 Å². The zero-order valence-electron chi connectivity index (χ0n) is 31.1. The van der Waals surface area contributed by atoms with Crippen LogP contribution in [0.5, 0.6) is 17.6 Å². The van der Waals surface area contributed by atoms with E-state index in [4.69, 9.17) is 23.7 Å². The van der Waals surface area contributed by atoms with Crippen LogP contribution >= 0.6 is 0 Å². The van der Waals surface area contributed by atoms with Crippen molar-refractivity contribution in [1.29, 1.82) is 0 Å². The number of allylic oxidation sites excluding steroid dienone is 1. The number of carbonyl (C=O) groups excluding carboxylic acids is 2. The van der Waals surface area contributed by atoms with Gasteiger partial charge in [0, 0.05) is 73.8 Å². The number of pyridine rings is 3. The molecular weight excluding hydrogens is 682 g/mol. The Labute approximate surface area is 316 Å². The number of ketones is 2. The number of rotatable bonds is 0. The highest BCUT2D eigenvalue weighted by Gasteiger charge is 2.47. The monoisotopic (exact) mass is 729 g/mol. The molecule has 0 bridgehead atoms. The van der Waals surface area contributed by atoms with E-state index in [-0.39, 0.29) is 28.4 Å². The Morgan fingerprint density at radius 3 is 1.52 bits per heavy atom. The molecule has 0 amide bonds. The number of aromatic nitrogens is 3. The van der Waals surface area contributed by atoms with E-state index in [0.717, 1.165) is 78.7 Å². The molecule has 4 fully saturated rings. The van der Waals surface area contributed by atoms with E-state index in [1.807, 2.05) is 50.2 Å². The van der Waals surface area contributed by atoms with Gasteiger partial charge in [0.1, 0.15) is 22.6 Å². The number of fused-ring (bicyclic) bond motifs is 3. The first-order valence-electron chi connectivity index (χ1n) is 19.2. The van der Waals surface area contributed by atoms with E-state index in [0.29, 0.717) is 56.4 Å². The van der Waals surface area contributed by atoms with Crippen molar-refractivity contribution in [3.05, 3.63) is 101 Å². The molecule has 1 unspecified atom stereocenters. The molecule has 3 aromatic rings. The second-order valence-electron chi connectivity index (χ2n) is 15.4. The SMILES string of the molecule is C1=CC2(CCC3(CC2)OCCO3)Oc2ncccc21.CC(C)=C1CC2(C=Cc3cccnc3O2)CCC1=O.O=C1CCC2(C=Cc3cccnc3O2)CC1. The van der Waals surface area contributed by atoms with Gasteiger partial charge in [-0.25, -0.2) is 15.0 Å². The predicted octanol–water partition coefficient (Wildman–Crippen LogP) is 8.23. The fourth-order valence-corrected chi connectivity index (χ4v) is 8.23. The van der Waals surface area contributed by atoms with E-state index in [9.17, 15) is 9.59 Å². The van der Waals surface area contributed by atoms with Crippen molar-refractivity contribution in [2.24, 2.45) is 0 Å². The van der Waals surface area contributed by atoms with E-state index in [1.54, 1.807) is 18.6 Å². The summed E-state index contributed by atoms with van der Waals surface area (Å²) in [5.41, 5.74) is 4.19. The van der Waals surface area contributed by atoms with Gasteiger partial charge < -0.3 is 23.7 Å². The fraction of sp³-hybridized carbons (Fsp3) is 0.432. The molecule has 10 rings (SSSR count). The largest absolute Gasteiger partial charge is 0.466 e. The number of hydrogen-bond acceptors (Lipinski definition) is 10. The summed E-state index contributed by atoms with van der Waals surface area (Å²) in [6.45, 7) is 5.41. The van der Waals surface area contributed by atoms with E-state index in [2.05, 4.69) is 51.4 Å². The Balaban J connectivity index is 0.000000115. The number of ether oxygens (including phenoxy) is 5. The van der Waals surface area contributed by atoms with Crippen molar-refractivity contribution in [3.8, 4) is 17.6 Å². The average Bonchev–Trinajstić information content (AvgIpc) is 3.67. The lowest BCUT2D eigenvalue weighted by Crippen LogP contribution is -2.46. The summed E-state index contributed by atoms with van der Waals surface area (Å²) in [5, 5.41) is 0. The number of hydrogen-bond donors (Lipinski definition) is 0. The minimum atomic E-state index is -0.387. The lowest BCUT2D eigenvalue weighted by Gasteiger charge is -2.43. The predicted molar refractivity (Wildman–Crippen MR) is 204 cm³/mol. The summed E-state index contributed by atoms with van der Waals surface area (Å²) in [6, 6.07) is 11.7. The maximum Gasteiger partial charge on any atom is 0.221 e. The van der Waals surface area contributed by atoms with E-state index in [1.165, 1.54) is 0 Å². The summed E-state index contributed by atoms with van der Waals surface area (Å²) < 4.78 is 29.8. The first-order chi connectivity index (χ1) is 26.2. The number of carbonyl (C=O) groups is 2. The van der Waals surface area contributed by atoms with E-state index >= 15 is 0 Å². The van der Waals surface area contributed by atoms with Gasteiger partial charge in [-0.05, 0) is 124 Å². The van der Waals surface area contributed by atoms with Gasteiger partial charge in [0.25, 0.3) is 0 Å². The molecular formula is C44H47N3O7. The molecule has 3 aromatic heterocycles. The van der Waals surface area contributed by atoms with Crippen molar-refractivity contribution in [3.63, 3.8) is 0 Å². The average molecular weight is 730 g/mol. The zero-order chi connectivity index (χ0) is 37.2. The topological polar surface area (TPSA) is 119 Å². The second-order valence-corrected chi connectivity index (χ2v) is 15.4. The summed E-state index contributed by atoms with van der Waals surface area (Å²) in [7, 11) is 0. The van der Waals surface area contributed by atoms with Crippen molar-refractivity contribution >= 4 is 29.8 Å². The maximum absolute atomic E-state index is 12.0. The smallest absolute Gasteiger partial charge is 0.221 e. The van der Waals surface area contributed by atoms with Crippen LogP contribution in [0.4, 0.5) is 0 Å². The lowest BCUT2D eigenvalue weighted by atomic mass is 9.78. The highest BCUT2D eigenvalue weighted by Crippen LogP contribution is 2.45. The van der Waals surface area contributed by atoms with Crippen LogP contribution in [0, 0.1) is 0 Å². The molecule has 10 heteroatoms. The molecule has 0 N–H and O–H groups in total. The Morgan fingerprint density at radius 1 is 0.574 bits per heavy atom. The Morgan fingerprint density at radius 2 is 1.02 bits per heavy atom. The molecule has 0 aromatic carbocycles. The summed E-state index contributed by atoms with van der Waals surface area (Å²) in [5.74, 6) is 2.37. The van der Waals surface area contributed by atoms with Gasteiger partial charge in [-0.2, -0.15) is 0 Å². The third-order valence-corrected chi connectivity index (χ3v) is 11.5. The minimum Gasteiger partial charge on any atom is -0.466 e. The summed E-state index contributed by atoms with van der Waals surface area (Å²) in [6.07, 6.45) is 26.2.